The minimum absolute atomic E-state index is 0.253. The molecule has 100 valence electrons. The van der Waals surface area contributed by atoms with Crippen molar-refractivity contribution in [3.8, 4) is 0 Å². The third-order valence-electron chi connectivity index (χ3n) is 3.10. The summed E-state index contributed by atoms with van der Waals surface area (Å²) < 4.78 is 15.0. The molecule has 0 amide bonds. The van der Waals surface area contributed by atoms with Gasteiger partial charge >= 0.3 is 0 Å². The van der Waals surface area contributed by atoms with Crippen molar-refractivity contribution in [3.05, 3.63) is 35.1 Å². The highest BCUT2D eigenvalue weighted by Crippen LogP contribution is 2.37. The molecule has 2 aromatic rings. The monoisotopic (exact) mass is 279 g/mol. The number of nitrogens with zero attached hydrogens (tertiary/aromatic N) is 4. The van der Waals surface area contributed by atoms with Gasteiger partial charge < -0.3 is 5.73 Å². The predicted octanol–water partition coefficient (Wildman–Crippen LogP) is 1.90. The van der Waals surface area contributed by atoms with Crippen molar-refractivity contribution in [1.82, 2.24) is 20.2 Å². The molecular weight excluding hydrogens is 265 g/mol. The molecule has 7 heteroatoms. The fraction of sp³-hybridized carbons (Fsp3) is 0.417. The maximum Gasteiger partial charge on any atom is 0.209 e. The van der Waals surface area contributed by atoms with Crippen LogP contribution in [0.5, 0.6) is 0 Å². The van der Waals surface area contributed by atoms with Gasteiger partial charge in [-0.1, -0.05) is 17.8 Å². The average molecular weight is 279 g/mol. The second-order valence-corrected chi connectivity index (χ2v) is 5.49. The number of tetrazole rings is 1. The van der Waals surface area contributed by atoms with Crippen molar-refractivity contribution in [2.75, 3.05) is 0 Å². The van der Waals surface area contributed by atoms with Gasteiger partial charge in [0.25, 0.3) is 0 Å². The molecule has 0 spiro atoms. The summed E-state index contributed by atoms with van der Waals surface area (Å²) >= 11 is 1.56. The highest BCUT2D eigenvalue weighted by molar-refractivity contribution is 7.98. The quantitative estimate of drug-likeness (QED) is 0.846. The molecule has 0 atom stereocenters. The molecule has 1 aromatic carbocycles. The SMILES string of the molecule is NCc1cc(F)ccc1CSc1nnnn1C1CC1. The summed E-state index contributed by atoms with van der Waals surface area (Å²) in [7, 11) is 0. The van der Waals surface area contributed by atoms with Gasteiger partial charge in [-0.3, -0.25) is 0 Å². The minimum Gasteiger partial charge on any atom is -0.326 e. The smallest absolute Gasteiger partial charge is 0.209 e. The lowest BCUT2D eigenvalue weighted by Crippen LogP contribution is -2.03. The Balaban J connectivity index is 1.73. The number of benzene rings is 1. The zero-order valence-corrected chi connectivity index (χ0v) is 11.1. The first-order chi connectivity index (χ1) is 9.28. The molecule has 0 aliphatic heterocycles. The maximum absolute atomic E-state index is 13.1. The van der Waals surface area contributed by atoms with E-state index in [4.69, 9.17) is 5.73 Å². The van der Waals surface area contributed by atoms with E-state index < -0.39 is 0 Å². The van der Waals surface area contributed by atoms with Gasteiger partial charge in [0.15, 0.2) is 0 Å². The van der Waals surface area contributed by atoms with Gasteiger partial charge in [0.05, 0.1) is 6.04 Å². The van der Waals surface area contributed by atoms with Crippen molar-refractivity contribution in [3.63, 3.8) is 0 Å². The first kappa shape index (κ1) is 12.6. The van der Waals surface area contributed by atoms with Crippen molar-refractivity contribution in [2.45, 2.75) is 36.3 Å². The van der Waals surface area contributed by atoms with Crippen LogP contribution in [0.3, 0.4) is 0 Å². The molecule has 0 saturated heterocycles. The van der Waals surface area contributed by atoms with Crippen LogP contribution in [0.1, 0.15) is 30.0 Å². The summed E-state index contributed by atoms with van der Waals surface area (Å²) in [5.41, 5.74) is 7.49. The summed E-state index contributed by atoms with van der Waals surface area (Å²) in [6, 6.07) is 5.17. The zero-order chi connectivity index (χ0) is 13.2. The van der Waals surface area contributed by atoms with Crippen LogP contribution in [0.25, 0.3) is 0 Å². The Kier molecular flexibility index (Phi) is 3.48. The van der Waals surface area contributed by atoms with E-state index in [-0.39, 0.29) is 5.82 Å². The van der Waals surface area contributed by atoms with Crippen LogP contribution in [0.2, 0.25) is 0 Å². The Morgan fingerprint density at radius 1 is 1.37 bits per heavy atom. The second-order valence-electron chi connectivity index (χ2n) is 4.54. The molecule has 1 aliphatic carbocycles. The Morgan fingerprint density at radius 3 is 2.95 bits per heavy atom. The van der Waals surface area contributed by atoms with Crippen molar-refractivity contribution < 1.29 is 4.39 Å². The Bertz CT molecular complexity index is 581. The average Bonchev–Trinajstić information content (AvgIpc) is 3.16. The van der Waals surface area contributed by atoms with Crippen LogP contribution in [0.4, 0.5) is 4.39 Å². The lowest BCUT2D eigenvalue weighted by Gasteiger charge is -2.07. The van der Waals surface area contributed by atoms with Crippen LogP contribution in [-0.2, 0) is 12.3 Å². The maximum atomic E-state index is 13.1. The lowest BCUT2D eigenvalue weighted by atomic mass is 10.1. The molecule has 19 heavy (non-hydrogen) atoms. The molecule has 3 rings (SSSR count). The van der Waals surface area contributed by atoms with Gasteiger partial charge in [-0.2, -0.15) is 0 Å². The van der Waals surface area contributed by atoms with Crippen LogP contribution in [0.15, 0.2) is 23.4 Å². The molecule has 0 radical (unpaired) electrons. The molecule has 0 unspecified atom stereocenters. The third-order valence-corrected chi connectivity index (χ3v) is 4.08. The fourth-order valence-electron chi connectivity index (χ4n) is 1.90. The van der Waals surface area contributed by atoms with Crippen LogP contribution in [0, 0.1) is 5.82 Å². The highest BCUT2D eigenvalue weighted by Gasteiger charge is 2.27. The number of nitrogens with two attached hydrogens (primary N) is 1. The fourth-order valence-corrected chi connectivity index (χ4v) is 2.87. The lowest BCUT2D eigenvalue weighted by molar-refractivity contribution is 0.565. The first-order valence-corrected chi connectivity index (χ1v) is 7.14. The predicted molar refractivity (Wildman–Crippen MR) is 69.9 cm³/mol. The molecule has 2 N–H and O–H groups in total. The molecule has 5 nitrogen and oxygen atoms in total. The Labute approximate surface area is 114 Å². The van der Waals surface area contributed by atoms with Gasteiger partial charge in [-0.15, -0.1) is 5.10 Å². The molecule has 1 fully saturated rings. The third kappa shape index (κ3) is 2.76. The molecule has 1 heterocycles. The topological polar surface area (TPSA) is 69.6 Å². The van der Waals surface area contributed by atoms with Crippen LogP contribution < -0.4 is 5.73 Å². The summed E-state index contributed by atoms with van der Waals surface area (Å²) in [6.45, 7) is 0.335. The van der Waals surface area contributed by atoms with Gasteiger partial charge in [-0.25, -0.2) is 9.07 Å². The number of aromatic nitrogens is 4. The van der Waals surface area contributed by atoms with E-state index in [1.165, 1.54) is 12.1 Å². The van der Waals surface area contributed by atoms with Crippen LogP contribution in [-0.4, -0.2) is 20.2 Å². The van der Waals surface area contributed by atoms with E-state index in [1.54, 1.807) is 17.8 Å². The van der Waals surface area contributed by atoms with E-state index in [1.807, 2.05) is 4.68 Å². The molecule has 0 bridgehead atoms. The number of thioether (sulfide) groups is 1. The van der Waals surface area contributed by atoms with E-state index in [0.29, 0.717) is 18.3 Å². The van der Waals surface area contributed by atoms with E-state index in [0.717, 1.165) is 29.1 Å². The largest absolute Gasteiger partial charge is 0.326 e. The summed E-state index contributed by atoms with van der Waals surface area (Å²) in [4.78, 5) is 0. The van der Waals surface area contributed by atoms with Crippen LogP contribution >= 0.6 is 11.8 Å². The number of rotatable bonds is 5. The molecular formula is C12H14FN5S. The van der Waals surface area contributed by atoms with E-state index in [9.17, 15) is 4.39 Å². The summed E-state index contributed by atoms with van der Waals surface area (Å²) in [5, 5.41) is 12.5. The van der Waals surface area contributed by atoms with Gasteiger partial charge in [0.1, 0.15) is 5.82 Å². The van der Waals surface area contributed by atoms with Crippen molar-refractivity contribution in [1.29, 1.82) is 0 Å². The molecule has 1 saturated carbocycles. The standard InChI is InChI=1S/C12H14FN5S/c13-10-2-1-8(9(5-10)6-14)7-19-12-15-16-17-18(12)11-3-4-11/h1-2,5,11H,3-4,6-7,14H2. The summed E-state index contributed by atoms with van der Waals surface area (Å²) in [5.74, 6) is 0.442. The van der Waals surface area contributed by atoms with E-state index >= 15 is 0 Å². The Hall–Kier alpha value is -1.47. The van der Waals surface area contributed by atoms with Gasteiger partial charge in [0, 0.05) is 12.3 Å². The zero-order valence-electron chi connectivity index (χ0n) is 10.3. The number of hydrogen-bond donors (Lipinski definition) is 1. The van der Waals surface area contributed by atoms with Crippen molar-refractivity contribution >= 4 is 11.8 Å². The molecule has 1 aliphatic rings. The number of halogens is 1. The Morgan fingerprint density at radius 2 is 2.21 bits per heavy atom. The van der Waals surface area contributed by atoms with Gasteiger partial charge in [0.2, 0.25) is 5.16 Å². The summed E-state index contributed by atoms with van der Waals surface area (Å²) in [6.07, 6.45) is 2.28. The minimum atomic E-state index is -0.253. The van der Waals surface area contributed by atoms with Crippen molar-refractivity contribution in [2.24, 2.45) is 5.73 Å². The second kappa shape index (κ2) is 5.26. The number of hydrogen-bond acceptors (Lipinski definition) is 5. The first-order valence-electron chi connectivity index (χ1n) is 6.16. The molecule has 1 aromatic heterocycles. The van der Waals surface area contributed by atoms with E-state index in [2.05, 4.69) is 15.5 Å². The van der Waals surface area contributed by atoms with Gasteiger partial charge in [-0.05, 0) is 46.5 Å². The normalized spacial score (nSPS) is 14.8. The highest BCUT2D eigenvalue weighted by atomic mass is 32.2.